The van der Waals surface area contributed by atoms with Crippen molar-refractivity contribution in [2.75, 3.05) is 16.3 Å². The fourth-order valence-corrected chi connectivity index (χ4v) is 9.27. The standard InChI is InChI=1S/C52H44N2/c1-2-46-43(31-32-53-48-19-9-5-14-37(48)24-25-38-15-6-10-20-49(38)53)34-42-29-30-45(35-47(42)52(46)44-28-23-36-13-3-4-18-41(36)33-44)54-50-21-11-7-16-39(50)26-27-40-17-8-12-22-51(40)54/h2-5,7-14,16-23,28-31,33-35H,6,15,24-27,32H2,1H3/b43-31-,46-2+. The van der Waals surface area contributed by atoms with Gasteiger partial charge >= 0.3 is 0 Å². The molecule has 7 aromatic carbocycles. The third kappa shape index (κ3) is 5.65. The molecule has 2 heterocycles. The maximum atomic E-state index is 2.57. The highest BCUT2D eigenvalue weighted by atomic mass is 15.2. The van der Waals surface area contributed by atoms with Crippen LogP contribution in [0.5, 0.6) is 0 Å². The van der Waals surface area contributed by atoms with E-state index in [0.717, 1.165) is 45.1 Å². The summed E-state index contributed by atoms with van der Waals surface area (Å²) in [5.74, 6) is 0. The van der Waals surface area contributed by atoms with Gasteiger partial charge in [0, 0.05) is 35.0 Å². The first-order valence-electron chi connectivity index (χ1n) is 19.7. The van der Waals surface area contributed by atoms with Gasteiger partial charge in [-0.05, 0) is 159 Å². The molecular formula is C52H44N2. The van der Waals surface area contributed by atoms with Crippen molar-refractivity contribution in [1.82, 2.24) is 0 Å². The molecule has 0 atom stereocenters. The molecule has 0 bridgehead atoms. The SMILES string of the molecule is C/C=c1/c(-c2ccc3ccccc3c2)c2cc(N3c4ccccc4CCc4ccccc43)ccc2c/c1=C/CN1C2=C(CCC=C2)CCc2ccccc21. The Morgan fingerprint density at radius 3 is 1.98 bits per heavy atom. The van der Waals surface area contributed by atoms with Crippen LogP contribution >= 0.6 is 0 Å². The van der Waals surface area contributed by atoms with Crippen LogP contribution in [0.3, 0.4) is 0 Å². The Kier molecular flexibility index (Phi) is 8.25. The quantitative estimate of drug-likeness (QED) is 0.181. The summed E-state index contributed by atoms with van der Waals surface area (Å²) in [5, 5.41) is 7.60. The molecule has 2 heteroatoms. The van der Waals surface area contributed by atoms with Crippen LogP contribution in [0.2, 0.25) is 0 Å². The van der Waals surface area contributed by atoms with Gasteiger partial charge in [-0.1, -0.05) is 115 Å². The normalized spacial score (nSPS) is 15.9. The van der Waals surface area contributed by atoms with Gasteiger partial charge in [0.2, 0.25) is 0 Å². The smallest absolute Gasteiger partial charge is 0.0493 e. The number of anilines is 4. The Labute approximate surface area is 318 Å². The van der Waals surface area contributed by atoms with Crippen LogP contribution in [0.1, 0.15) is 42.9 Å². The molecule has 0 fully saturated rings. The molecule has 0 aromatic heterocycles. The summed E-state index contributed by atoms with van der Waals surface area (Å²) in [4.78, 5) is 5.07. The van der Waals surface area contributed by atoms with E-state index < -0.39 is 0 Å². The van der Waals surface area contributed by atoms with Crippen molar-refractivity contribution < 1.29 is 0 Å². The summed E-state index contributed by atoms with van der Waals surface area (Å²) in [5.41, 5.74) is 14.8. The first kappa shape index (κ1) is 32.5. The van der Waals surface area contributed by atoms with E-state index >= 15 is 0 Å². The van der Waals surface area contributed by atoms with Crippen LogP contribution in [-0.4, -0.2) is 6.54 Å². The summed E-state index contributed by atoms with van der Waals surface area (Å²) >= 11 is 0. The van der Waals surface area contributed by atoms with Gasteiger partial charge in [-0.15, -0.1) is 0 Å². The van der Waals surface area contributed by atoms with E-state index in [1.807, 2.05) is 0 Å². The summed E-state index contributed by atoms with van der Waals surface area (Å²) in [7, 11) is 0. The molecule has 0 unspecified atom stereocenters. The number of aryl methyl sites for hydroxylation is 3. The third-order valence-corrected chi connectivity index (χ3v) is 11.9. The van der Waals surface area contributed by atoms with E-state index in [-0.39, 0.29) is 0 Å². The molecule has 0 saturated heterocycles. The van der Waals surface area contributed by atoms with Crippen molar-refractivity contribution in [3.8, 4) is 11.1 Å². The molecule has 262 valence electrons. The van der Waals surface area contributed by atoms with Gasteiger partial charge in [-0.3, -0.25) is 0 Å². The van der Waals surface area contributed by atoms with Crippen molar-refractivity contribution in [3.63, 3.8) is 0 Å². The van der Waals surface area contributed by atoms with Gasteiger partial charge in [0.15, 0.2) is 0 Å². The van der Waals surface area contributed by atoms with Crippen LogP contribution in [0, 0.1) is 0 Å². The Morgan fingerprint density at radius 2 is 1.22 bits per heavy atom. The summed E-state index contributed by atoms with van der Waals surface area (Å²) in [6.45, 7) is 3.02. The van der Waals surface area contributed by atoms with Crippen LogP contribution in [-0.2, 0) is 19.3 Å². The lowest BCUT2D eigenvalue weighted by atomic mass is 9.92. The fraction of sp³-hybridized carbons (Fsp3) is 0.154. The molecule has 0 saturated carbocycles. The number of benzene rings is 7. The van der Waals surface area contributed by atoms with Crippen molar-refractivity contribution in [2.45, 2.75) is 45.4 Å². The predicted molar refractivity (Wildman–Crippen MR) is 230 cm³/mol. The zero-order chi connectivity index (χ0) is 36.0. The van der Waals surface area contributed by atoms with E-state index in [0.29, 0.717) is 0 Å². The van der Waals surface area contributed by atoms with Crippen molar-refractivity contribution in [1.29, 1.82) is 0 Å². The van der Waals surface area contributed by atoms with Crippen molar-refractivity contribution in [3.05, 3.63) is 190 Å². The molecule has 54 heavy (non-hydrogen) atoms. The van der Waals surface area contributed by atoms with E-state index in [2.05, 4.69) is 181 Å². The van der Waals surface area contributed by atoms with Gasteiger partial charge in [-0.25, -0.2) is 0 Å². The van der Waals surface area contributed by atoms with Crippen LogP contribution in [0.15, 0.2) is 163 Å². The second kappa shape index (κ2) is 13.7. The lowest BCUT2D eigenvalue weighted by Crippen LogP contribution is -2.31. The molecule has 0 N–H and O–H groups in total. The first-order valence-corrected chi connectivity index (χ1v) is 19.7. The van der Waals surface area contributed by atoms with Gasteiger partial charge in [-0.2, -0.15) is 0 Å². The number of fused-ring (bicyclic) bond motifs is 5. The topological polar surface area (TPSA) is 6.48 Å². The molecule has 3 aliphatic rings. The first-order chi connectivity index (χ1) is 26.7. The van der Waals surface area contributed by atoms with Gasteiger partial charge < -0.3 is 9.80 Å². The van der Waals surface area contributed by atoms with E-state index in [9.17, 15) is 0 Å². The minimum Gasteiger partial charge on any atom is -0.337 e. The summed E-state index contributed by atoms with van der Waals surface area (Å²) in [6.07, 6.45) is 16.1. The number of hydrogen-bond donors (Lipinski definition) is 0. The molecule has 2 nitrogen and oxygen atoms in total. The van der Waals surface area contributed by atoms with E-state index in [1.165, 1.54) is 88.2 Å². The Balaban J connectivity index is 1.20. The number of nitrogens with zero attached hydrogens (tertiary/aromatic N) is 2. The van der Waals surface area contributed by atoms with Gasteiger partial charge in [0.25, 0.3) is 0 Å². The molecule has 2 aliphatic heterocycles. The van der Waals surface area contributed by atoms with Crippen LogP contribution in [0.25, 0.3) is 44.8 Å². The molecular weight excluding hydrogens is 653 g/mol. The fourth-order valence-electron chi connectivity index (χ4n) is 9.27. The summed E-state index contributed by atoms with van der Waals surface area (Å²) < 4.78 is 0. The molecule has 0 amide bonds. The van der Waals surface area contributed by atoms with Gasteiger partial charge in [0.05, 0.1) is 0 Å². The average molecular weight is 697 g/mol. The maximum absolute atomic E-state index is 2.57. The minimum atomic E-state index is 0.809. The highest BCUT2D eigenvalue weighted by molar-refractivity contribution is 6.02. The Morgan fingerprint density at radius 1 is 0.574 bits per heavy atom. The Bertz CT molecular complexity index is 2740. The zero-order valence-electron chi connectivity index (χ0n) is 30.9. The number of allylic oxidation sites excluding steroid dienone is 3. The number of rotatable bonds is 4. The monoisotopic (exact) mass is 696 g/mol. The highest BCUT2D eigenvalue weighted by Gasteiger charge is 2.24. The van der Waals surface area contributed by atoms with Crippen LogP contribution in [0.4, 0.5) is 22.7 Å². The van der Waals surface area contributed by atoms with Crippen molar-refractivity contribution >= 4 is 56.4 Å². The largest absolute Gasteiger partial charge is 0.337 e. The molecule has 1 aliphatic carbocycles. The molecule has 0 spiro atoms. The third-order valence-electron chi connectivity index (χ3n) is 11.9. The van der Waals surface area contributed by atoms with Crippen LogP contribution < -0.4 is 20.2 Å². The van der Waals surface area contributed by atoms with E-state index in [4.69, 9.17) is 0 Å². The second-order valence-corrected chi connectivity index (χ2v) is 15.0. The average Bonchev–Trinajstić information content (AvgIpc) is 3.50. The molecule has 7 aromatic rings. The van der Waals surface area contributed by atoms with Crippen molar-refractivity contribution in [2.24, 2.45) is 0 Å². The number of hydrogen-bond acceptors (Lipinski definition) is 2. The molecule has 10 rings (SSSR count). The number of para-hydroxylation sites is 3. The zero-order valence-corrected chi connectivity index (χ0v) is 30.9. The summed E-state index contributed by atoms with van der Waals surface area (Å²) in [6, 6.07) is 52.2. The van der Waals surface area contributed by atoms with E-state index in [1.54, 1.807) is 5.57 Å². The predicted octanol–water partition coefficient (Wildman–Crippen LogP) is 11.9. The maximum Gasteiger partial charge on any atom is 0.0493 e. The Hall–Kier alpha value is -6.12. The second-order valence-electron chi connectivity index (χ2n) is 15.0. The molecule has 0 radical (unpaired) electrons. The highest BCUT2D eigenvalue weighted by Crippen LogP contribution is 2.43. The van der Waals surface area contributed by atoms with Gasteiger partial charge in [0.1, 0.15) is 0 Å². The minimum absolute atomic E-state index is 0.809. The lowest BCUT2D eigenvalue weighted by molar-refractivity contribution is 0.828. The lowest BCUT2D eigenvalue weighted by Gasteiger charge is -2.28.